The van der Waals surface area contributed by atoms with Gasteiger partial charge in [-0.05, 0) is 5.57 Å². The number of anilines is 3. The summed E-state index contributed by atoms with van der Waals surface area (Å²) in [7, 11) is 0. The minimum absolute atomic E-state index is 0.0530. The Morgan fingerprint density at radius 2 is 1.97 bits per heavy atom. The fraction of sp³-hybridized carbons (Fsp3) is 0.235. The lowest BCUT2D eigenvalue weighted by atomic mass is 10.0. The van der Waals surface area contributed by atoms with Gasteiger partial charge in [-0.25, -0.2) is 19.7 Å². The van der Waals surface area contributed by atoms with Crippen molar-refractivity contribution in [1.29, 1.82) is 0 Å². The Balaban J connectivity index is 1.48. The van der Waals surface area contributed by atoms with E-state index in [1.165, 1.54) is 23.2 Å². The summed E-state index contributed by atoms with van der Waals surface area (Å²) in [5, 5.41) is 25.7. The van der Waals surface area contributed by atoms with E-state index >= 15 is 0 Å². The van der Waals surface area contributed by atoms with Gasteiger partial charge in [-0.2, -0.15) is 0 Å². The second-order valence-electron chi connectivity index (χ2n) is 6.93. The lowest BCUT2D eigenvalue weighted by Gasteiger charge is -2.49. The average molecular weight is 524 g/mol. The molecule has 0 spiro atoms. The molecule has 1 saturated heterocycles. The first-order valence-electron chi connectivity index (χ1n) is 9.36. The smallest absolute Gasteiger partial charge is 0.352 e. The highest BCUT2D eigenvalue weighted by atomic mass is 32.2. The highest BCUT2D eigenvalue weighted by Crippen LogP contribution is 2.41. The molecule has 0 saturated carbocycles. The van der Waals surface area contributed by atoms with Crippen LogP contribution in [-0.4, -0.2) is 76.6 Å². The van der Waals surface area contributed by atoms with E-state index in [0.29, 0.717) is 5.57 Å². The van der Waals surface area contributed by atoms with E-state index in [1.54, 1.807) is 0 Å². The molecule has 2 aromatic heterocycles. The van der Waals surface area contributed by atoms with Gasteiger partial charge in [-0.15, -0.1) is 23.1 Å². The molecule has 2 aliphatic rings. The molecule has 2 amide bonds. The molecule has 9 N–H and O–H groups in total. The number of oxime groups is 1. The lowest BCUT2D eigenvalue weighted by Crippen LogP contribution is -2.71. The topological polar surface area (TPSA) is 236 Å². The van der Waals surface area contributed by atoms with Crippen molar-refractivity contribution in [3.8, 4) is 0 Å². The van der Waals surface area contributed by atoms with Crippen LogP contribution in [-0.2, 0) is 14.4 Å². The molecule has 0 aliphatic carbocycles. The number of carbonyl (C=O) groups excluding carboxylic acids is 2. The maximum Gasteiger partial charge on any atom is 0.352 e. The van der Waals surface area contributed by atoms with E-state index in [-0.39, 0.29) is 44.8 Å². The van der Waals surface area contributed by atoms with E-state index in [1.807, 2.05) is 0 Å². The standard InChI is InChI=1S/C17H17N9O5S3/c18-7-1-8(19)23-17(22-7)34-3-5-2-32-14-10(13(28)26(14)11(5)15(29)30)24-12(27)9(25-31)6-4-33-16(20)21-6/h1,4,10,14,31H,2-3H2,(H2,20,21)(H,24,27)(H,29,30)(H4,18,19,22,23)/b25-9+/t10?,14-/m1/s1. The number of amides is 2. The summed E-state index contributed by atoms with van der Waals surface area (Å²) in [6.07, 6.45) is 0. The monoisotopic (exact) mass is 523 g/mol. The van der Waals surface area contributed by atoms with Gasteiger partial charge in [0.15, 0.2) is 16.0 Å². The lowest BCUT2D eigenvalue weighted by molar-refractivity contribution is -0.150. The number of nitrogens with one attached hydrogen (secondary N) is 1. The summed E-state index contributed by atoms with van der Waals surface area (Å²) in [4.78, 5) is 50.5. The number of nitrogens with zero attached hydrogens (tertiary/aromatic N) is 5. The zero-order valence-corrected chi connectivity index (χ0v) is 19.5. The maximum atomic E-state index is 12.8. The first kappa shape index (κ1) is 23.6. The van der Waals surface area contributed by atoms with E-state index in [2.05, 4.69) is 25.4 Å². The fourth-order valence-electron chi connectivity index (χ4n) is 3.29. The van der Waals surface area contributed by atoms with E-state index < -0.39 is 34.9 Å². The van der Waals surface area contributed by atoms with Gasteiger partial charge in [0.1, 0.15) is 34.4 Å². The number of nitrogen functional groups attached to an aromatic ring is 3. The summed E-state index contributed by atoms with van der Waals surface area (Å²) in [6, 6.07) is 0.391. The van der Waals surface area contributed by atoms with Crippen LogP contribution in [0.1, 0.15) is 5.69 Å². The second kappa shape index (κ2) is 9.35. The van der Waals surface area contributed by atoms with Crippen molar-refractivity contribution in [2.24, 2.45) is 5.16 Å². The number of carboxylic acids is 1. The SMILES string of the molecule is Nc1cc(N)nc(SCC2=C(C(=O)O)N3C(=O)C(NC(=O)/C(=N/O)c4csc(N)n4)[C@H]3SC2)n1. The summed E-state index contributed by atoms with van der Waals surface area (Å²) < 4.78 is 0. The quantitative estimate of drug-likeness (QED) is 0.0664. The normalized spacial score (nSPS) is 20.1. The number of aliphatic carboxylic acids is 1. The minimum atomic E-state index is -1.28. The van der Waals surface area contributed by atoms with Crippen molar-refractivity contribution in [2.45, 2.75) is 16.6 Å². The number of fused-ring (bicyclic) bond motifs is 1. The maximum absolute atomic E-state index is 12.8. The molecule has 4 rings (SSSR count). The number of carbonyl (C=O) groups is 3. The summed E-state index contributed by atoms with van der Waals surface area (Å²) in [6.45, 7) is 0. The van der Waals surface area contributed by atoms with Gasteiger partial charge in [-0.3, -0.25) is 14.5 Å². The molecular weight excluding hydrogens is 506 g/mol. The largest absolute Gasteiger partial charge is 0.477 e. The van der Waals surface area contributed by atoms with Crippen LogP contribution in [0.25, 0.3) is 0 Å². The van der Waals surface area contributed by atoms with Crippen LogP contribution < -0.4 is 22.5 Å². The number of hydrogen-bond acceptors (Lipinski definition) is 14. The molecule has 4 heterocycles. The van der Waals surface area contributed by atoms with Crippen LogP contribution in [0.2, 0.25) is 0 Å². The molecule has 0 radical (unpaired) electrons. The van der Waals surface area contributed by atoms with Gasteiger partial charge < -0.3 is 32.8 Å². The molecule has 1 fully saturated rings. The van der Waals surface area contributed by atoms with Crippen LogP contribution in [0, 0.1) is 0 Å². The summed E-state index contributed by atoms with van der Waals surface area (Å²) in [5.74, 6) is -1.88. The molecule has 2 aliphatic heterocycles. The molecule has 1 unspecified atom stereocenters. The number of hydrogen-bond donors (Lipinski definition) is 6. The number of carboxylic acid groups (broad SMARTS) is 1. The van der Waals surface area contributed by atoms with Crippen molar-refractivity contribution in [1.82, 2.24) is 25.2 Å². The third kappa shape index (κ3) is 4.44. The Hall–Kier alpha value is -3.57. The molecule has 17 heteroatoms. The number of thioether (sulfide) groups is 2. The number of β-lactam (4-membered cyclic amide) rings is 1. The van der Waals surface area contributed by atoms with Crippen molar-refractivity contribution in [3.63, 3.8) is 0 Å². The summed E-state index contributed by atoms with van der Waals surface area (Å²) >= 11 is 3.48. The molecular formula is C17H17N9O5S3. The van der Waals surface area contributed by atoms with Crippen LogP contribution in [0.15, 0.2) is 33.0 Å². The zero-order valence-electron chi connectivity index (χ0n) is 17.0. The van der Waals surface area contributed by atoms with Crippen LogP contribution in [0.3, 0.4) is 0 Å². The van der Waals surface area contributed by atoms with Gasteiger partial charge in [-0.1, -0.05) is 16.9 Å². The number of thiazole rings is 1. The third-order valence-electron chi connectivity index (χ3n) is 4.74. The fourth-order valence-corrected chi connectivity index (χ4v) is 6.20. The molecule has 0 bridgehead atoms. The van der Waals surface area contributed by atoms with Crippen LogP contribution in [0.5, 0.6) is 0 Å². The average Bonchev–Trinajstić information content (AvgIpc) is 3.20. The molecule has 2 aromatic rings. The van der Waals surface area contributed by atoms with Gasteiger partial charge in [0, 0.05) is 23.0 Å². The predicted molar refractivity (Wildman–Crippen MR) is 126 cm³/mol. The van der Waals surface area contributed by atoms with Crippen molar-refractivity contribution in [2.75, 3.05) is 28.7 Å². The molecule has 14 nitrogen and oxygen atoms in total. The molecule has 34 heavy (non-hydrogen) atoms. The zero-order chi connectivity index (χ0) is 24.6. The Labute approximate surface area is 203 Å². The minimum Gasteiger partial charge on any atom is -0.477 e. The Morgan fingerprint density at radius 3 is 2.56 bits per heavy atom. The van der Waals surface area contributed by atoms with Crippen molar-refractivity contribution >= 4 is 75.1 Å². The van der Waals surface area contributed by atoms with Crippen molar-refractivity contribution < 1.29 is 24.7 Å². The Kier molecular flexibility index (Phi) is 6.49. The number of nitrogens with two attached hydrogens (primary N) is 3. The van der Waals surface area contributed by atoms with Gasteiger partial charge in [0.05, 0.1) is 0 Å². The first-order chi connectivity index (χ1) is 16.2. The Bertz CT molecular complexity index is 1230. The second-order valence-corrected chi connectivity index (χ2v) is 9.86. The molecule has 0 aromatic carbocycles. The van der Waals surface area contributed by atoms with Gasteiger partial charge >= 0.3 is 5.97 Å². The third-order valence-corrected chi connectivity index (χ3v) is 7.68. The van der Waals surface area contributed by atoms with Gasteiger partial charge in [0.25, 0.3) is 11.8 Å². The molecule has 178 valence electrons. The van der Waals surface area contributed by atoms with Crippen LogP contribution >= 0.6 is 34.9 Å². The highest BCUT2D eigenvalue weighted by molar-refractivity contribution is 8.01. The molecule has 2 atom stereocenters. The first-order valence-corrected chi connectivity index (χ1v) is 12.3. The van der Waals surface area contributed by atoms with Crippen molar-refractivity contribution in [3.05, 3.63) is 28.4 Å². The van der Waals surface area contributed by atoms with Gasteiger partial charge in [0.2, 0.25) is 0 Å². The van der Waals surface area contributed by atoms with Crippen LogP contribution in [0.4, 0.5) is 16.8 Å². The van der Waals surface area contributed by atoms with E-state index in [4.69, 9.17) is 17.2 Å². The highest BCUT2D eigenvalue weighted by Gasteiger charge is 2.54. The van der Waals surface area contributed by atoms with E-state index in [9.17, 15) is 24.7 Å². The Morgan fingerprint density at radius 1 is 1.26 bits per heavy atom. The summed E-state index contributed by atoms with van der Waals surface area (Å²) in [5.41, 5.74) is 16.8. The predicted octanol–water partition coefficient (Wildman–Crippen LogP) is -0.611. The number of rotatable bonds is 7. The number of aromatic nitrogens is 3. The van der Waals surface area contributed by atoms with E-state index in [0.717, 1.165) is 28.0 Å².